The summed E-state index contributed by atoms with van der Waals surface area (Å²) in [4.78, 5) is 16.9. The first kappa shape index (κ1) is 40.3. The Morgan fingerprint density at radius 2 is 1.00 bits per heavy atom. The standard InChI is InChI=1S/C22H11Cl3F2N2O.C17H11Cl3N2O2S/c23-13-3-1-12(2-4-13)17-11-28-22(30-15-6-8-19(26)20(27)10-15)29-21(17)16-7-5-14(24)9-18(16)25;1-25(23,24)17-21-9-14(10-2-4-11(18)5-3-10)16(22-17)13-7-6-12(19)8-15(13)20/h1-11H;2-9H,1H3. The van der Waals surface area contributed by atoms with Gasteiger partial charge in [0.25, 0.3) is 0 Å². The molecule has 0 N–H and O–H groups in total. The average Bonchev–Trinajstić information content (AvgIpc) is 3.14. The second-order valence-electron chi connectivity index (χ2n) is 11.5. The summed E-state index contributed by atoms with van der Waals surface area (Å²) in [5, 5.41) is 2.60. The SMILES string of the molecule is CS(=O)(=O)c1ncc(-c2ccc(Cl)cc2)c(-c2ccc(Cl)cc2Cl)n1.Fc1ccc(Oc2ncc(-c3ccc(Cl)cc3)c(-c3ccc(Cl)cc3Cl)n2)cc1F. The van der Waals surface area contributed by atoms with Crippen molar-refractivity contribution in [2.24, 2.45) is 0 Å². The van der Waals surface area contributed by atoms with Gasteiger partial charge in [0.05, 0.1) is 21.4 Å². The van der Waals surface area contributed by atoms with Gasteiger partial charge in [-0.25, -0.2) is 32.2 Å². The third kappa shape index (κ3) is 9.89. The van der Waals surface area contributed by atoms with Gasteiger partial charge in [-0.1, -0.05) is 93.9 Å². The topological polar surface area (TPSA) is 94.9 Å². The van der Waals surface area contributed by atoms with Gasteiger partial charge in [-0.05, 0) is 83.9 Å². The van der Waals surface area contributed by atoms with Crippen LogP contribution in [0.3, 0.4) is 0 Å². The highest BCUT2D eigenvalue weighted by molar-refractivity contribution is 7.90. The molecule has 0 atom stereocenters. The average molecular weight is 877 g/mol. The van der Waals surface area contributed by atoms with Gasteiger partial charge in [0.15, 0.2) is 11.6 Å². The van der Waals surface area contributed by atoms with Gasteiger partial charge in [0, 0.05) is 67.1 Å². The molecule has 7 rings (SSSR count). The zero-order chi connectivity index (χ0) is 39.4. The van der Waals surface area contributed by atoms with E-state index in [4.69, 9.17) is 74.3 Å². The van der Waals surface area contributed by atoms with Crippen molar-refractivity contribution in [3.05, 3.63) is 157 Å². The van der Waals surface area contributed by atoms with Crippen molar-refractivity contribution in [2.75, 3.05) is 6.26 Å². The molecule has 0 bridgehead atoms. The van der Waals surface area contributed by atoms with Crippen LogP contribution < -0.4 is 4.74 Å². The van der Waals surface area contributed by atoms with Gasteiger partial charge >= 0.3 is 6.01 Å². The van der Waals surface area contributed by atoms with Crippen molar-refractivity contribution in [2.45, 2.75) is 5.16 Å². The Kier molecular flexibility index (Phi) is 12.6. The minimum atomic E-state index is -3.57. The molecule has 0 radical (unpaired) electrons. The Morgan fingerprint density at radius 1 is 0.527 bits per heavy atom. The molecule has 0 aliphatic rings. The number of hydrogen-bond donors (Lipinski definition) is 0. The minimum Gasteiger partial charge on any atom is -0.424 e. The maximum Gasteiger partial charge on any atom is 0.322 e. The minimum absolute atomic E-state index is 0.0558. The molecule has 2 heterocycles. The van der Waals surface area contributed by atoms with Crippen LogP contribution in [0.5, 0.6) is 11.8 Å². The van der Waals surface area contributed by atoms with Crippen LogP contribution >= 0.6 is 69.6 Å². The number of sulfone groups is 1. The normalized spacial score (nSPS) is 11.1. The molecule has 16 heteroatoms. The summed E-state index contributed by atoms with van der Waals surface area (Å²) >= 11 is 36.6. The van der Waals surface area contributed by atoms with Crippen LogP contribution in [0.1, 0.15) is 0 Å². The highest BCUT2D eigenvalue weighted by Crippen LogP contribution is 2.38. The van der Waals surface area contributed by atoms with Gasteiger partial charge in [0.2, 0.25) is 15.0 Å². The Bertz CT molecular complexity index is 2650. The van der Waals surface area contributed by atoms with E-state index < -0.39 is 21.5 Å². The first-order valence-electron chi connectivity index (χ1n) is 15.7. The van der Waals surface area contributed by atoms with Crippen molar-refractivity contribution in [3.63, 3.8) is 0 Å². The molecular weight excluding hydrogens is 855 g/mol. The van der Waals surface area contributed by atoms with Crippen LogP contribution in [-0.2, 0) is 9.84 Å². The first-order chi connectivity index (χ1) is 26.2. The molecule has 7 nitrogen and oxygen atoms in total. The Balaban J connectivity index is 0.000000190. The van der Waals surface area contributed by atoms with E-state index in [1.807, 2.05) is 12.1 Å². The van der Waals surface area contributed by atoms with Crippen molar-refractivity contribution >= 4 is 79.4 Å². The zero-order valence-corrected chi connectivity index (χ0v) is 33.3. The molecule has 0 saturated heterocycles. The summed E-state index contributed by atoms with van der Waals surface area (Å²) in [6.07, 6.45) is 4.08. The Labute approximate surface area is 344 Å². The molecule has 7 aromatic rings. The molecule has 0 fully saturated rings. The molecule has 5 aromatic carbocycles. The summed E-state index contributed by atoms with van der Waals surface area (Å²) < 4.78 is 55.9. The van der Waals surface area contributed by atoms with Crippen molar-refractivity contribution in [1.82, 2.24) is 19.9 Å². The number of hydrogen-bond acceptors (Lipinski definition) is 7. The summed E-state index contributed by atoms with van der Waals surface area (Å²) in [6, 6.07) is 27.3. The third-order valence-electron chi connectivity index (χ3n) is 7.65. The Hall–Kier alpha value is -4.39. The number of benzene rings is 5. The molecule has 278 valence electrons. The van der Waals surface area contributed by atoms with Crippen LogP contribution in [0.15, 0.2) is 121 Å². The number of aromatic nitrogens is 4. The highest BCUT2D eigenvalue weighted by atomic mass is 35.5. The Morgan fingerprint density at radius 3 is 1.47 bits per heavy atom. The lowest BCUT2D eigenvalue weighted by Gasteiger charge is -2.13. The first-order valence-corrected chi connectivity index (χ1v) is 19.8. The maximum absolute atomic E-state index is 13.5. The highest BCUT2D eigenvalue weighted by Gasteiger charge is 2.20. The van der Waals surface area contributed by atoms with E-state index in [1.165, 1.54) is 12.3 Å². The quantitative estimate of drug-likeness (QED) is 0.147. The van der Waals surface area contributed by atoms with Crippen LogP contribution in [0, 0.1) is 11.6 Å². The predicted molar refractivity (Wildman–Crippen MR) is 215 cm³/mol. The van der Waals surface area contributed by atoms with Gasteiger partial charge < -0.3 is 4.74 Å². The molecule has 0 aliphatic carbocycles. The van der Waals surface area contributed by atoms with Crippen LogP contribution in [0.2, 0.25) is 30.1 Å². The van der Waals surface area contributed by atoms with Crippen molar-refractivity contribution in [3.8, 4) is 56.5 Å². The predicted octanol–water partition coefficient (Wildman–Crippen LogP) is 13.0. The molecule has 0 unspecified atom stereocenters. The fraction of sp³-hybridized carbons (Fsp3) is 0.0256. The molecule has 0 aliphatic heterocycles. The van der Waals surface area contributed by atoms with Crippen LogP contribution in [-0.4, -0.2) is 34.6 Å². The molecule has 2 aromatic heterocycles. The fourth-order valence-corrected chi connectivity index (χ4v) is 6.81. The summed E-state index contributed by atoms with van der Waals surface area (Å²) in [5.74, 6) is -1.96. The van der Waals surface area contributed by atoms with Crippen LogP contribution in [0.25, 0.3) is 44.8 Å². The second kappa shape index (κ2) is 17.2. The maximum atomic E-state index is 13.5. The summed E-state index contributed by atoms with van der Waals surface area (Å²) in [5.41, 5.74) is 4.94. The van der Waals surface area contributed by atoms with E-state index in [9.17, 15) is 17.2 Å². The number of rotatable bonds is 7. The smallest absolute Gasteiger partial charge is 0.322 e. The van der Waals surface area contributed by atoms with E-state index in [0.717, 1.165) is 29.5 Å². The summed E-state index contributed by atoms with van der Waals surface area (Å²) in [6.45, 7) is 0. The van der Waals surface area contributed by atoms with E-state index in [1.54, 1.807) is 79.0 Å². The lowest BCUT2D eigenvalue weighted by molar-refractivity contribution is 0.431. The molecule has 0 amide bonds. The van der Waals surface area contributed by atoms with Gasteiger partial charge in [0.1, 0.15) is 5.75 Å². The monoisotopic (exact) mass is 874 g/mol. The lowest BCUT2D eigenvalue weighted by Crippen LogP contribution is -2.06. The zero-order valence-electron chi connectivity index (χ0n) is 27.9. The van der Waals surface area contributed by atoms with E-state index in [2.05, 4.69) is 19.9 Å². The molecule has 55 heavy (non-hydrogen) atoms. The number of ether oxygens (including phenoxy) is 1. The third-order valence-corrected chi connectivity index (χ3v) is 10.1. The number of nitrogens with zero attached hydrogens (tertiary/aromatic N) is 4. The fourth-order valence-electron chi connectivity index (χ4n) is 5.06. The van der Waals surface area contributed by atoms with E-state index in [-0.39, 0.29) is 16.9 Å². The summed E-state index contributed by atoms with van der Waals surface area (Å²) in [7, 11) is -3.57. The lowest BCUT2D eigenvalue weighted by atomic mass is 10.0. The van der Waals surface area contributed by atoms with Crippen molar-refractivity contribution in [1.29, 1.82) is 0 Å². The van der Waals surface area contributed by atoms with Gasteiger partial charge in [-0.2, -0.15) is 4.98 Å². The van der Waals surface area contributed by atoms with Gasteiger partial charge in [-0.15, -0.1) is 0 Å². The number of halogens is 8. The van der Waals surface area contributed by atoms with Gasteiger partial charge in [-0.3, -0.25) is 0 Å². The second-order valence-corrected chi connectivity index (χ2v) is 16.0. The van der Waals surface area contributed by atoms with E-state index in [0.29, 0.717) is 63.8 Å². The van der Waals surface area contributed by atoms with Crippen molar-refractivity contribution < 1.29 is 21.9 Å². The molecule has 0 spiro atoms. The van der Waals surface area contributed by atoms with Crippen LogP contribution in [0.4, 0.5) is 8.78 Å². The van der Waals surface area contributed by atoms with E-state index >= 15 is 0 Å². The largest absolute Gasteiger partial charge is 0.424 e. The molecule has 0 saturated carbocycles. The molecular formula is C39H22Cl6F2N4O3S.